The molecule has 1 aromatic rings. The molecular weight excluding hydrogens is 255 g/mol. The van der Waals surface area contributed by atoms with E-state index in [-0.39, 0.29) is 23.4 Å². The Morgan fingerprint density at radius 3 is 2.60 bits per heavy atom. The van der Waals surface area contributed by atoms with Crippen molar-refractivity contribution < 1.29 is 9.18 Å². The molecule has 108 valence electrons. The van der Waals surface area contributed by atoms with Crippen molar-refractivity contribution in [1.29, 1.82) is 0 Å². The molecular formula is C16H21FN2O. The fourth-order valence-electron chi connectivity index (χ4n) is 1.91. The average molecular weight is 276 g/mol. The second kappa shape index (κ2) is 6.53. The molecule has 1 rings (SSSR count). The number of carbonyl (C=O) groups excluding carboxylic acids is 1. The second-order valence-electron chi connectivity index (χ2n) is 5.92. The lowest BCUT2D eigenvalue weighted by Crippen LogP contribution is -2.35. The van der Waals surface area contributed by atoms with Gasteiger partial charge >= 0.3 is 0 Å². The van der Waals surface area contributed by atoms with Crippen molar-refractivity contribution in [3.8, 4) is 11.8 Å². The predicted molar refractivity (Wildman–Crippen MR) is 78.7 cm³/mol. The Kier molecular flexibility index (Phi) is 5.29. The highest BCUT2D eigenvalue weighted by atomic mass is 19.1. The van der Waals surface area contributed by atoms with Gasteiger partial charge in [-0.3, -0.25) is 4.79 Å². The van der Waals surface area contributed by atoms with Crippen molar-refractivity contribution in [3.05, 3.63) is 35.1 Å². The maximum Gasteiger partial charge on any atom is 0.256 e. The predicted octanol–water partition coefficient (Wildman–Crippen LogP) is 2.25. The lowest BCUT2D eigenvalue weighted by molar-refractivity contribution is 0.0741. The van der Waals surface area contributed by atoms with Gasteiger partial charge in [-0.1, -0.05) is 32.6 Å². The molecule has 0 saturated heterocycles. The molecule has 20 heavy (non-hydrogen) atoms. The van der Waals surface area contributed by atoms with Crippen LogP contribution < -0.4 is 5.73 Å². The number of hydrogen-bond acceptors (Lipinski definition) is 2. The van der Waals surface area contributed by atoms with Crippen LogP contribution in [-0.2, 0) is 0 Å². The minimum Gasteiger partial charge on any atom is -0.341 e. The van der Waals surface area contributed by atoms with Crippen LogP contribution >= 0.6 is 0 Å². The highest BCUT2D eigenvalue weighted by molar-refractivity contribution is 5.94. The molecule has 0 aliphatic rings. The van der Waals surface area contributed by atoms with Gasteiger partial charge in [0.15, 0.2) is 0 Å². The summed E-state index contributed by atoms with van der Waals surface area (Å²) in [6.45, 7) is 6.84. The highest BCUT2D eigenvalue weighted by Gasteiger charge is 2.21. The molecule has 0 aliphatic heterocycles. The van der Waals surface area contributed by atoms with Crippen molar-refractivity contribution >= 4 is 5.91 Å². The van der Waals surface area contributed by atoms with Crippen LogP contribution in [0.15, 0.2) is 18.2 Å². The fourth-order valence-corrected chi connectivity index (χ4v) is 1.91. The number of carbonyl (C=O) groups is 1. The molecule has 0 aliphatic carbocycles. The standard InChI is InChI=1S/C16H21FN2O/c1-16(2,3)11-19(4)15(20)13-10-12(6-5-9-18)7-8-14(13)17/h7-8,10H,9,11,18H2,1-4H3. The van der Waals surface area contributed by atoms with Gasteiger partial charge in [-0.25, -0.2) is 4.39 Å². The summed E-state index contributed by atoms with van der Waals surface area (Å²) < 4.78 is 13.8. The first-order valence-corrected chi connectivity index (χ1v) is 6.48. The quantitative estimate of drug-likeness (QED) is 0.842. The minimum atomic E-state index is -0.533. The summed E-state index contributed by atoms with van der Waals surface area (Å²) in [7, 11) is 1.67. The van der Waals surface area contributed by atoms with E-state index in [1.54, 1.807) is 13.1 Å². The summed E-state index contributed by atoms with van der Waals surface area (Å²) in [6.07, 6.45) is 0. The topological polar surface area (TPSA) is 46.3 Å². The summed E-state index contributed by atoms with van der Waals surface area (Å²) in [4.78, 5) is 13.8. The van der Waals surface area contributed by atoms with Crippen LogP contribution in [0.2, 0.25) is 0 Å². The maximum atomic E-state index is 13.8. The Hall–Kier alpha value is -1.86. The van der Waals surface area contributed by atoms with Crippen molar-refractivity contribution in [2.45, 2.75) is 20.8 Å². The third-order valence-corrected chi connectivity index (χ3v) is 2.59. The largest absolute Gasteiger partial charge is 0.341 e. The van der Waals surface area contributed by atoms with Gasteiger partial charge in [0, 0.05) is 19.2 Å². The van der Waals surface area contributed by atoms with Gasteiger partial charge in [-0.15, -0.1) is 0 Å². The van der Waals surface area contributed by atoms with E-state index in [2.05, 4.69) is 11.8 Å². The normalized spacial score (nSPS) is 10.7. The molecule has 3 nitrogen and oxygen atoms in total. The molecule has 0 aromatic heterocycles. The van der Waals surface area contributed by atoms with Crippen LogP contribution in [0.5, 0.6) is 0 Å². The van der Waals surface area contributed by atoms with Crippen LogP contribution in [0, 0.1) is 23.1 Å². The molecule has 0 spiro atoms. The minimum absolute atomic E-state index is 0.0422. The van der Waals surface area contributed by atoms with Gasteiger partial charge in [0.1, 0.15) is 5.82 Å². The van der Waals surface area contributed by atoms with Gasteiger partial charge in [0.25, 0.3) is 5.91 Å². The Morgan fingerprint density at radius 1 is 1.40 bits per heavy atom. The first-order chi connectivity index (χ1) is 9.24. The zero-order valence-electron chi connectivity index (χ0n) is 12.5. The van der Waals surface area contributed by atoms with Crippen LogP contribution in [0.3, 0.4) is 0 Å². The van der Waals surface area contributed by atoms with Crippen LogP contribution in [-0.4, -0.2) is 30.9 Å². The highest BCUT2D eigenvalue weighted by Crippen LogP contribution is 2.18. The van der Waals surface area contributed by atoms with E-state index < -0.39 is 5.82 Å². The van der Waals surface area contributed by atoms with E-state index in [4.69, 9.17) is 5.73 Å². The smallest absolute Gasteiger partial charge is 0.256 e. The molecule has 0 atom stereocenters. The molecule has 1 aromatic carbocycles. The third-order valence-electron chi connectivity index (χ3n) is 2.59. The van der Waals surface area contributed by atoms with E-state index in [1.807, 2.05) is 20.8 Å². The maximum absolute atomic E-state index is 13.8. The average Bonchev–Trinajstić information content (AvgIpc) is 2.35. The molecule has 0 unspecified atom stereocenters. The molecule has 0 saturated carbocycles. The van der Waals surface area contributed by atoms with Crippen molar-refractivity contribution in [2.24, 2.45) is 11.1 Å². The summed E-state index contributed by atoms with van der Waals surface area (Å²) in [5.74, 6) is 4.62. The van der Waals surface area contributed by atoms with E-state index in [0.717, 1.165) is 0 Å². The fraction of sp³-hybridized carbons (Fsp3) is 0.438. The van der Waals surface area contributed by atoms with Crippen molar-refractivity contribution in [1.82, 2.24) is 4.90 Å². The first kappa shape index (κ1) is 16.2. The summed E-state index contributed by atoms with van der Waals surface area (Å²) in [6, 6.07) is 4.27. The lowest BCUT2D eigenvalue weighted by Gasteiger charge is -2.26. The van der Waals surface area contributed by atoms with Gasteiger partial charge < -0.3 is 10.6 Å². The zero-order valence-corrected chi connectivity index (χ0v) is 12.5. The Balaban J connectivity index is 3.03. The Morgan fingerprint density at radius 2 is 2.05 bits per heavy atom. The molecule has 0 fully saturated rings. The monoisotopic (exact) mass is 276 g/mol. The Labute approximate surface area is 120 Å². The van der Waals surface area contributed by atoms with Crippen LogP contribution in [0.1, 0.15) is 36.7 Å². The number of rotatable bonds is 2. The molecule has 1 amide bonds. The number of amides is 1. The molecule has 0 radical (unpaired) electrons. The van der Waals surface area contributed by atoms with E-state index in [9.17, 15) is 9.18 Å². The summed E-state index contributed by atoms with van der Waals surface area (Å²) in [5.41, 5.74) is 5.88. The second-order valence-corrected chi connectivity index (χ2v) is 5.92. The van der Waals surface area contributed by atoms with E-state index in [1.165, 1.54) is 17.0 Å². The zero-order chi connectivity index (χ0) is 15.3. The molecule has 0 heterocycles. The lowest BCUT2D eigenvalue weighted by atomic mass is 9.96. The Bertz CT molecular complexity index is 550. The van der Waals surface area contributed by atoms with E-state index >= 15 is 0 Å². The van der Waals surface area contributed by atoms with Gasteiger partial charge in [-0.05, 0) is 23.6 Å². The van der Waals surface area contributed by atoms with E-state index in [0.29, 0.717) is 12.1 Å². The van der Waals surface area contributed by atoms with Crippen molar-refractivity contribution in [2.75, 3.05) is 20.1 Å². The number of benzene rings is 1. The number of halogens is 1. The SMILES string of the molecule is CN(CC(C)(C)C)C(=O)c1cc(C#CCN)ccc1F. The number of nitrogens with zero attached hydrogens (tertiary/aromatic N) is 1. The van der Waals surface area contributed by atoms with Crippen LogP contribution in [0.25, 0.3) is 0 Å². The van der Waals surface area contributed by atoms with Crippen LogP contribution in [0.4, 0.5) is 4.39 Å². The molecule has 2 N–H and O–H groups in total. The first-order valence-electron chi connectivity index (χ1n) is 6.48. The third kappa shape index (κ3) is 4.67. The number of hydrogen-bond donors (Lipinski definition) is 1. The molecule has 4 heteroatoms. The summed E-state index contributed by atoms with van der Waals surface area (Å²) >= 11 is 0. The number of nitrogens with two attached hydrogens (primary N) is 1. The van der Waals surface area contributed by atoms with Gasteiger partial charge in [-0.2, -0.15) is 0 Å². The van der Waals surface area contributed by atoms with Gasteiger partial charge in [0.05, 0.1) is 12.1 Å². The summed E-state index contributed by atoms with van der Waals surface area (Å²) in [5, 5.41) is 0. The molecule has 0 bridgehead atoms. The van der Waals surface area contributed by atoms with Crippen molar-refractivity contribution in [3.63, 3.8) is 0 Å². The van der Waals surface area contributed by atoms with Gasteiger partial charge in [0.2, 0.25) is 0 Å².